The molecule has 1 unspecified atom stereocenters. The standard InChI is InChI=1S/C11H17N3O4/c1-16-7-9-10(11(15)17-2)12-13-14(9)5-8-3-4-18-6-8/h8H,3-7H2,1-2H3. The molecule has 0 amide bonds. The van der Waals surface area contributed by atoms with Crippen LogP contribution in [0.15, 0.2) is 0 Å². The second-order valence-corrected chi connectivity index (χ2v) is 4.22. The fourth-order valence-electron chi connectivity index (χ4n) is 1.99. The van der Waals surface area contributed by atoms with Gasteiger partial charge in [-0.1, -0.05) is 5.21 Å². The van der Waals surface area contributed by atoms with Crippen molar-refractivity contribution < 1.29 is 19.0 Å². The molecule has 0 saturated carbocycles. The number of ether oxygens (including phenoxy) is 3. The molecule has 0 aromatic carbocycles. The van der Waals surface area contributed by atoms with Gasteiger partial charge in [0.1, 0.15) is 0 Å². The summed E-state index contributed by atoms with van der Waals surface area (Å²) in [6.07, 6.45) is 1.000. The first-order valence-corrected chi connectivity index (χ1v) is 5.83. The van der Waals surface area contributed by atoms with Gasteiger partial charge in [0.2, 0.25) is 0 Å². The maximum absolute atomic E-state index is 11.5. The molecule has 1 atom stereocenters. The van der Waals surface area contributed by atoms with Gasteiger partial charge in [-0.15, -0.1) is 5.10 Å². The van der Waals surface area contributed by atoms with Crippen molar-refractivity contribution >= 4 is 5.97 Å². The smallest absolute Gasteiger partial charge is 0.360 e. The number of esters is 1. The third-order valence-electron chi connectivity index (χ3n) is 2.95. The quantitative estimate of drug-likeness (QED) is 0.702. The van der Waals surface area contributed by atoms with E-state index in [0.717, 1.165) is 19.6 Å². The largest absolute Gasteiger partial charge is 0.464 e. The van der Waals surface area contributed by atoms with Crippen molar-refractivity contribution in [3.8, 4) is 0 Å². The van der Waals surface area contributed by atoms with Crippen LogP contribution in [0.1, 0.15) is 22.6 Å². The van der Waals surface area contributed by atoms with Crippen LogP contribution in [0, 0.1) is 5.92 Å². The fourth-order valence-corrected chi connectivity index (χ4v) is 1.99. The first-order valence-electron chi connectivity index (χ1n) is 5.83. The molecule has 0 N–H and O–H groups in total. The molecule has 7 nitrogen and oxygen atoms in total. The lowest BCUT2D eigenvalue weighted by atomic mass is 10.1. The third-order valence-corrected chi connectivity index (χ3v) is 2.95. The van der Waals surface area contributed by atoms with Crippen LogP contribution in [-0.4, -0.2) is 48.4 Å². The van der Waals surface area contributed by atoms with Gasteiger partial charge in [-0.3, -0.25) is 0 Å². The molecule has 7 heteroatoms. The second kappa shape index (κ2) is 5.92. The first-order chi connectivity index (χ1) is 8.76. The topological polar surface area (TPSA) is 75.5 Å². The summed E-state index contributed by atoms with van der Waals surface area (Å²) < 4.78 is 16.8. The van der Waals surface area contributed by atoms with E-state index in [1.165, 1.54) is 7.11 Å². The Morgan fingerprint density at radius 3 is 3.00 bits per heavy atom. The Kier molecular flexibility index (Phi) is 4.27. The van der Waals surface area contributed by atoms with Crippen molar-refractivity contribution in [2.45, 2.75) is 19.6 Å². The van der Waals surface area contributed by atoms with E-state index < -0.39 is 5.97 Å². The maximum atomic E-state index is 11.5. The zero-order valence-electron chi connectivity index (χ0n) is 10.6. The van der Waals surface area contributed by atoms with Crippen LogP contribution < -0.4 is 0 Å². The predicted octanol–water partition coefficient (Wildman–Crippen LogP) is 0.248. The highest BCUT2D eigenvalue weighted by Gasteiger charge is 2.23. The molecule has 0 radical (unpaired) electrons. The van der Waals surface area contributed by atoms with Gasteiger partial charge < -0.3 is 14.2 Å². The third kappa shape index (κ3) is 2.68. The number of carbonyl (C=O) groups is 1. The summed E-state index contributed by atoms with van der Waals surface area (Å²) >= 11 is 0. The van der Waals surface area contributed by atoms with E-state index in [1.54, 1.807) is 11.8 Å². The van der Waals surface area contributed by atoms with Gasteiger partial charge in [-0.2, -0.15) is 0 Å². The molecule has 1 fully saturated rings. The Balaban J connectivity index is 2.17. The minimum absolute atomic E-state index is 0.221. The summed E-state index contributed by atoms with van der Waals surface area (Å²) in [5.41, 5.74) is 0.870. The highest BCUT2D eigenvalue weighted by molar-refractivity contribution is 5.88. The van der Waals surface area contributed by atoms with Crippen molar-refractivity contribution in [1.82, 2.24) is 15.0 Å². The Morgan fingerprint density at radius 2 is 2.39 bits per heavy atom. The van der Waals surface area contributed by atoms with Gasteiger partial charge in [0, 0.05) is 26.2 Å². The van der Waals surface area contributed by atoms with Crippen LogP contribution in [0.3, 0.4) is 0 Å². The van der Waals surface area contributed by atoms with Crippen LogP contribution >= 0.6 is 0 Å². The normalized spacial score (nSPS) is 19.1. The molecule has 0 spiro atoms. The lowest BCUT2D eigenvalue weighted by molar-refractivity contribution is 0.0588. The number of rotatable bonds is 5. The minimum atomic E-state index is -0.490. The van der Waals surface area contributed by atoms with E-state index in [0.29, 0.717) is 18.2 Å². The highest BCUT2D eigenvalue weighted by atomic mass is 16.5. The van der Waals surface area contributed by atoms with Crippen LogP contribution in [0.25, 0.3) is 0 Å². The average molecular weight is 255 g/mol. The second-order valence-electron chi connectivity index (χ2n) is 4.22. The molecule has 18 heavy (non-hydrogen) atoms. The number of carbonyl (C=O) groups excluding carboxylic acids is 1. The molecule has 2 rings (SSSR count). The van der Waals surface area contributed by atoms with Crippen LogP contribution in [-0.2, 0) is 27.4 Å². The molecular weight excluding hydrogens is 238 g/mol. The molecule has 1 aromatic rings. The molecule has 0 bridgehead atoms. The van der Waals surface area contributed by atoms with E-state index in [-0.39, 0.29) is 12.3 Å². The van der Waals surface area contributed by atoms with Gasteiger partial charge in [0.25, 0.3) is 0 Å². The van der Waals surface area contributed by atoms with Crippen LogP contribution in [0.2, 0.25) is 0 Å². The molecule has 100 valence electrons. The summed E-state index contributed by atoms with van der Waals surface area (Å²) in [6, 6.07) is 0. The molecule has 1 saturated heterocycles. The van der Waals surface area contributed by atoms with Crippen molar-refractivity contribution in [1.29, 1.82) is 0 Å². The molecule has 2 heterocycles. The Labute approximate surface area is 105 Å². The zero-order valence-corrected chi connectivity index (χ0v) is 10.6. The van der Waals surface area contributed by atoms with Gasteiger partial charge >= 0.3 is 5.97 Å². The van der Waals surface area contributed by atoms with E-state index in [1.807, 2.05) is 0 Å². The number of nitrogens with zero attached hydrogens (tertiary/aromatic N) is 3. The van der Waals surface area contributed by atoms with Crippen LogP contribution in [0.5, 0.6) is 0 Å². The summed E-state index contributed by atoms with van der Waals surface area (Å²) in [7, 11) is 2.89. The highest BCUT2D eigenvalue weighted by Crippen LogP contribution is 2.17. The van der Waals surface area contributed by atoms with Gasteiger partial charge in [0.15, 0.2) is 5.69 Å². The van der Waals surface area contributed by atoms with E-state index in [4.69, 9.17) is 9.47 Å². The summed E-state index contributed by atoms with van der Waals surface area (Å²) in [5, 5.41) is 7.86. The Hall–Kier alpha value is -1.47. The number of hydrogen-bond acceptors (Lipinski definition) is 6. The summed E-state index contributed by atoms with van der Waals surface area (Å²) in [4.78, 5) is 11.5. The summed E-state index contributed by atoms with van der Waals surface area (Å²) in [5.74, 6) is -0.0798. The fraction of sp³-hybridized carbons (Fsp3) is 0.727. The van der Waals surface area contributed by atoms with E-state index >= 15 is 0 Å². The van der Waals surface area contributed by atoms with E-state index in [9.17, 15) is 4.79 Å². The minimum Gasteiger partial charge on any atom is -0.464 e. The average Bonchev–Trinajstić information content (AvgIpc) is 3.01. The Morgan fingerprint density at radius 1 is 1.56 bits per heavy atom. The SMILES string of the molecule is COCc1c(C(=O)OC)nnn1CC1CCOC1. The lowest BCUT2D eigenvalue weighted by Gasteiger charge is -2.10. The molecule has 1 aromatic heterocycles. The first kappa shape index (κ1) is 13.0. The summed E-state index contributed by atoms with van der Waals surface area (Å²) in [6.45, 7) is 2.47. The van der Waals surface area contributed by atoms with Crippen molar-refractivity contribution in [2.24, 2.45) is 5.92 Å². The van der Waals surface area contributed by atoms with Crippen LogP contribution in [0.4, 0.5) is 0 Å². The number of hydrogen-bond donors (Lipinski definition) is 0. The van der Waals surface area contributed by atoms with Crippen molar-refractivity contribution in [3.05, 3.63) is 11.4 Å². The van der Waals surface area contributed by atoms with Crippen molar-refractivity contribution in [2.75, 3.05) is 27.4 Å². The maximum Gasteiger partial charge on any atom is 0.360 e. The molecular formula is C11H17N3O4. The molecule has 0 aliphatic carbocycles. The lowest BCUT2D eigenvalue weighted by Crippen LogP contribution is -2.16. The van der Waals surface area contributed by atoms with Gasteiger partial charge in [-0.25, -0.2) is 9.48 Å². The number of aromatic nitrogens is 3. The van der Waals surface area contributed by atoms with E-state index in [2.05, 4.69) is 15.0 Å². The number of methoxy groups -OCH3 is 2. The Bertz CT molecular complexity index is 412. The monoisotopic (exact) mass is 255 g/mol. The van der Waals surface area contributed by atoms with Crippen molar-refractivity contribution in [3.63, 3.8) is 0 Å². The van der Waals surface area contributed by atoms with Gasteiger partial charge in [-0.05, 0) is 6.42 Å². The predicted molar refractivity (Wildman–Crippen MR) is 61.0 cm³/mol. The molecule has 1 aliphatic heterocycles. The van der Waals surface area contributed by atoms with Gasteiger partial charge in [0.05, 0.1) is 26.0 Å². The molecule has 1 aliphatic rings. The zero-order chi connectivity index (χ0) is 13.0.